The summed E-state index contributed by atoms with van der Waals surface area (Å²) >= 11 is 0. The smallest absolute Gasteiger partial charge is 0.251 e. The molecule has 1 saturated carbocycles. The van der Waals surface area contributed by atoms with Gasteiger partial charge in [-0.05, 0) is 49.8 Å². The van der Waals surface area contributed by atoms with Crippen LogP contribution in [0.3, 0.4) is 0 Å². The summed E-state index contributed by atoms with van der Waals surface area (Å²) in [5.74, 6) is 0.147. The molecule has 1 aliphatic carbocycles. The summed E-state index contributed by atoms with van der Waals surface area (Å²) in [4.78, 5) is 12.6. The maximum atomic E-state index is 12.5. The maximum Gasteiger partial charge on any atom is 0.251 e. The first-order chi connectivity index (χ1) is 11.4. The lowest BCUT2D eigenvalue weighted by Crippen LogP contribution is -2.52. The first kappa shape index (κ1) is 18.9. The molecule has 0 unspecified atom stereocenters. The Bertz CT molecular complexity index is 672. The van der Waals surface area contributed by atoms with Crippen LogP contribution in [-0.2, 0) is 10.0 Å². The fourth-order valence-electron chi connectivity index (χ4n) is 2.52. The number of hydrogen-bond acceptors (Lipinski definition) is 4. The van der Waals surface area contributed by atoms with Gasteiger partial charge in [-0.2, -0.15) is 0 Å². The van der Waals surface area contributed by atoms with E-state index in [9.17, 15) is 13.2 Å². The van der Waals surface area contributed by atoms with Crippen LogP contribution >= 0.6 is 0 Å². The van der Waals surface area contributed by atoms with E-state index in [-0.39, 0.29) is 10.8 Å². The van der Waals surface area contributed by atoms with Crippen molar-refractivity contribution in [1.82, 2.24) is 10.0 Å². The first-order valence-corrected chi connectivity index (χ1v) is 9.96. The van der Waals surface area contributed by atoms with Gasteiger partial charge in [0.05, 0.1) is 10.4 Å². The minimum absolute atomic E-state index is 0.113. The number of nitrogens with two attached hydrogens (primary N) is 1. The van der Waals surface area contributed by atoms with Gasteiger partial charge in [-0.25, -0.2) is 13.1 Å². The van der Waals surface area contributed by atoms with Gasteiger partial charge >= 0.3 is 0 Å². The number of nitrogens with one attached hydrogen (secondary N) is 2. The third-order valence-electron chi connectivity index (χ3n) is 4.79. The highest BCUT2D eigenvalue weighted by atomic mass is 32.2. The number of carbonyl (C=O) groups excluding carboxylic acids is 1. The van der Waals surface area contributed by atoms with Crippen molar-refractivity contribution in [3.63, 3.8) is 0 Å². The molecule has 0 saturated heterocycles. The van der Waals surface area contributed by atoms with Crippen molar-refractivity contribution < 1.29 is 13.2 Å². The lowest BCUT2D eigenvalue weighted by Gasteiger charge is -2.31. The Hall–Kier alpha value is -1.44. The Labute approximate surface area is 144 Å². The Morgan fingerprint density at radius 3 is 2.50 bits per heavy atom. The standard InChI is InChI=1S/C17H27N3O3S/c1-3-17(4-2,12-18)20-16(21)14-6-5-7-15(10-14)24(22,23)19-11-13-8-9-13/h5-7,10,13,19H,3-4,8-9,11-12,18H2,1-2H3,(H,20,21). The van der Waals surface area contributed by atoms with Crippen molar-refractivity contribution in [2.24, 2.45) is 11.7 Å². The zero-order valence-electron chi connectivity index (χ0n) is 14.3. The zero-order valence-corrected chi connectivity index (χ0v) is 15.2. The third-order valence-corrected chi connectivity index (χ3v) is 6.21. The minimum Gasteiger partial charge on any atom is -0.345 e. The fraction of sp³-hybridized carbons (Fsp3) is 0.588. The largest absolute Gasteiger partial charge is 0.345 e. The van der Waals surface area contributed by atoms with Crippen LogP contribution in [0, 0.1) is 5.92 Å². The Balaban J connectivity index is 2.15. The maximum absolute atomic E-state index is 12.5. The summed E-state index contributed by atoms with van der Waals surface area (Å²) in [5.41, 5.74) is 5.67. The normalized spacial score (nSPS) is 15.3. The number of carbonyl (C=O) groups is 1. The molecule has 7 heteroatoms. The molecule has 0 atom stereocenters. The number of rotatable bonds is 9. The second-order valence-corrected chi connectivity index (χ2v) is 8.24. The van der Waals surface area contributed by atoms with Crippen molar-refractivity contribution in [2.75, 3.05) is 13.1 Å². The highest BCUT2D eigenvalue weighted by Gasteiger charge is 2.28. The lowest BCUT2D eigenvalue weighted by atomic mass is 9.92. The van der Waals surface area contributed by atoms with Gasteiger partial charge in [-0.3, -0.25) is 4.79 Å². The molecule has 0 aliphatic heterocycles. The number of sulfonamides is 1. The van der Waals surface area contributed by atoms with Gasteiger partial charge in [-0.15, -0.1) is 0 Å². The Kier molecular flexibility index (Phi) is 6.01. The highest BCUT2D eigenvalue weighted by Crippen LogP contribution is 2.28. The summed E-state index contributed by atoms with van der Waals surface area (Å²) in [6, 6.07) is 6.11. The van der Waals surface area contributed by atoms with Gasteiger partial charge in [0, 0.05) is 18.7 Å². The molecule has 24 heavy (non-hydrogen) atoms. The monoisotopic (exact) mass is 353 g/mol. The van der Waals surface area contributed by atoms with E-state index in [4.69, 9.17) is 5.73 Å². The van der Waals surface area contributed by atoms with E-state index >= 15 is 0 Å². The van der Waals surface area contributed by atoms with E-state index in [0.29, 0.717) is 37.4 Å². The molecular weight excluding hydrogens is 326 g/mol. The van der Waals surface area contributed by atoms with E-state index in [0.717, 1.165) is 12.8 Å². The van der Waals surface area contributed by atoms with Crippen LogP contribution in [0.2, 0.25) is 0 Å². The fourth-order valence-corrected chi connectivity index (χ4v) is 3.68. The number of amides is 1. The summed E-state index contributed by atoms with van der Waals surface area (Å²) in [6.45, 7) is 4.74. The van der Waals surface area contributed by atoms with Crippen LogP contribution in [0.5, 0.6) is 0 Å². The van der Waals surface area contributed by atoms with Crippen LogP contribution in [0.15, 0.2) is 29.2 Å². The van der Waals surface area contributed by atoms with Gasteiger partial charge in [0.25, 0.3) is 5.91 Å². The highest BCUT2D eigenvalue weighted by molar-refractivity contribution is 7.89. The van der Waals surface area contributed by atoms with E-state index < -0.39 is 15.6 Å². The van der Waals surface area contributed by atoms with Crippen LogP contribution in [-0.4, -0.2) is 33.0 Å². The predicted octanol–water partition coefficient (Wildman–Crippen LogP) is 1.62. The molecule has 1 aromatic rings. The predicted molar refractivity (Wildman–Crippen MR) is 94.2 cm³/mol. The minimum atomic E-state index is -3.59. The molecule has 1 aromatic carbocycles. The van der Waals surface area contributed by atoms with E-state index in [2.05, 4.69) is 10.0 Å². The summed E-state index contributed by atoms with van der Waals surface area (Å²) < 4.78 is 27.3. The van der Waals surface area contributed by atoms with Gasteiger partial charge in [0.1, 0.15) is 0 Å². The molecule has 1 amide bonds. The van der Waals surface area contributed by atoms with Crippen molar-refractivity contribution in [1.29, 1.82) is 0 Å². The van der Waals surface area contributed by atoms with Crippen molar-refractivity contribution in [3.8, 4) is 0 Å². The van der Waals surface area contributed by atoms with Crippen LogP contribution in [0.1, 0.15) is 49.9 Å². The van der Waals surface area contributed by atoms with E-state index in [1.165, 1.54) is 12.1 Å². The molecular formula is C17H27N3O3S. The summed E-state index contributed by atoms with van der Waals surface area (Å²) in [7, 11) is -3.59. The molecule has 1 fully saturated rings. The lowest BCUT2D eigenvalue weighted by molar-refractivity contribution is 0.0895. The molecule has 0 heterocycles. The van der Waals surface area contributed by atoms with Crippen LogP contribution < -0.4 is 15.8 Å². The van der Waals surface area contributed by atoms with Crippen LogP contribution in [0.25, 0.3) is 0 Å². The van der Waals surface area contributed by atoms with Gasteiger partial charge in [-0.1, -0.05) is 19.9 Å². The first-order valence-electron chi connectivity index (χ1n) is 8.48. The molecule has 134 valence electrons. The molecule has 0 aromatic heterocycles. The van der Waals surface area contributed by atoms with Gasteiger partial charge in [0.2, 0.25) is 10.0 Å². The average Bonchev–Trinajstić information content (AvgIpc) is 3.42. The van der Waals surface area contributed by atoms with E-state index in [1.54, 1.807) is 12.1 Å². The molecule has 0 spiro atoms. The van der Waals surface area contributed by atoms with Gasteiger partial charge < -0.3 is 11.1 Å². The Morgan fingerprint density at radius 1 is 1.29 bits per heavy atom. The van der Waals surface area contributed by atoms with E-state index in [1.807, 2.05) is 13.8 Å². The number of benzene rings is 1. The second kappa shape index (κ2) is 7.63. The molecule has 2 rings (SSSR count). The summed E-state index contributed by atoms with van der Waals surface area (Å²) in [6.07, 6.45) is 3.57. The van der Waals surface area contributed by atoms with Crippen molar-refractivity contribution in [3.05, 3.63) is 29.8 Å². The average molecular weight is 353 g/mol. The SMILES string of the molecule is CCC(CC)(CN)NC(=O)c1cccc(S(=O)(=O)NCC2CC2)c1. The molecule has 0 bridgehead atoms. The van der Waals surface area contributed by atoms with Crippen molar-refractivity contribution in [2.45, 2.75) is 50.0 Å². The number of hydrogen-bond donors (Lipinski definition) is 3. The van der Waals surface area contributed by atoms with Crippen molar-refractivity contribution >= 4 is 15.9 Å². The summed E-state index contributed by atoms with van der Waals surface area (Å²) in [5, 5.41) is 2.96. The second-order valence-electron chi connectivity index (χ2n) is 6.47. The zero-order chi connectivity index (χ0) is 17.8. The molecule has 0 radical (unpaired) electrons. The quantitative estimate of drug-likeness (QED) is 0.628. The van der Waals surface area contributed by atoms with Crippen LogP contribution in [0.4, 0.5) is 0 Å². The Morgan fingerprint density at radius 2 is 1.96 bits per heavy atom. The molecule has 6 nitrogen and oxygen atoms in total. The third kappa shape index (κ3) is 4.55. The molecule has 1 aliphatic rings. The molecule has 4 N–H and O–H groups in total. The topological polar surface area (TPSA) is 101 Å². The van der Waals surface area contributed by atoms with Gasteiger partial charge in [0.15, 0.2) is 0 Å².